The summed E-state index contributed by atoms with van der Waals surface area (Å²) in [5.41, 5.74) is 10.6. The molecule has 0 fully saturated rings. The molecule has 1 rings (SSSR count). The van der Waals surface area contributed by atoms with Crippen LogP contribution in [0.3, 0.4) is 0 Å². The first-order valence-corrected chi connectivity index (χ1v) is 5.64. The molecule has 2 unspecified atom stereocenters. The van der Waals surface area contributed by atoms with E-state index >= 15 is 0 Å². The summed E-state index contributed by atoms with van der Waals surface area (Å²) in [4.78, 5) is 10.8. The Bertz CT molecular complexity index is 432. The molecule has 1 aromatic rings. The lowest BCUT2D eigenvalue weighted by atomic mass is 10.1. The van der Waals surface area contributed by atoms with Gasteiger partial charge in [-0.25, -0.2) is 0 Å². The molecule has 1 aromatic carbocycles. The van der Waals surface area contributed by atoms with Crippen LogP contribution < -0.4 is 16.2 Å². The van der Waals surface area contributed by atoms with Crippen molar-refractivity contribution in [1.82, 2.24) is 0 Å². The summed E-state index contributed by atoms with van der Waals surface area (Å²) < 4.78 is 43.2. The highest BCUT2D eigenvalue weighted by atomic mass is 19.4. The van der Waals surface area contributed by atoms with Gasteiger partial charge in [0, 0.05) is 5.56 Å². The Labute approximate surface area is 108 Å². The number of ether oxygens (including phenoxy) is 1. The largest absolute Gasteiger partial charge is 0.479 e. The van der Waals surface area contributed by atoms with Crippen LogP contribution in [0.2, 0.25) is 0 Å². The van der Waals surface area contributed by atoms with E-state index in [9.17, 15) is 18.0 Å². The van der Waals surface area contributed by atoms with Crippen molar-refractivity contribution in [2.75, 3.05) is 0 Å². The Morgan fingerprint density at radius 3 is 2.21 bits per heavy atom. The third-order valence-electron chi connectivity index (χ3n) is 2.58. The second-order valence-electron chi connectivity index (χ2n) is 4.04. The molecule has 0 spiro atoms. The van der Waals surface area contributed by atoms with Crippen LogP contribution in [-0.4, -0.2) is 24.2 Å². The number of carbonyl (C=O) groups excluding carboxylic acids is 1. The maximum Gasteiger partial charge on any atom is 0.426 e. The lowest BCUT2D eigenvalue weighted by Crippen LogP contribution is -2.48. The van der Waals surface area contributed by atoms with Gasteiger partial charge in [-0.15, -0.1) is 0 Å². The Balaban J connectivity index is 2.88. The van der Waals surface area contributed by atoms with E-state index in [4.69, 9.17) is 16.2 Å². The van der Waals surface area contributed by atoms with E-state index in [0.717, 1.165) is 0 Å². The van der Waals surface area contributed by atoms with E-state index in [1.807, 2.05) is 0 Å². The van der Waals surface area contributed by atoms with Gasteiger partial charge in [-0.05, 0) is 30.7 Å². The zero-order valence-electron chi connectivity index (χ0n) is 10.3. The van der Waals surface area contributed by atoms with Crippen molar-refractivity contribution >= 4 is 5.91 Å². The predicted octanol–water partition coefficient (Wildman–Crippen LogP) is 1.83. The summed E-state index contributed by atoms with van der Waals surface area (Å²) in [5, 5.41) is 0. The average Bonchev–Trinajstić information content (AvgIpc) is 2.34. The molecule has 2 atom stereocenters. The molecule has 0 aromatic heterocycles. The van der Waals surface area contributed by atoms with Gasteiger partial charge < -0.3 is 16.2 Å². The molecule has 1 amide bonds. The molecule has 0 heterocycles. The van der Waals surface area contributed by atoms with Crippen molar-refractivity contribution in [2.24, 2.45) is 11.5 Å². The maximum absolute atomic E-state index is 12.8. The molecule has 0 bridgehead atoms. The van der Waals surface area contributed by atoms with Crippen molar-refractivity contribution in [1.29, 1.82) is 0 Å². The first-order valence-electron chi connectivity index (χ1n) is 5.64. The number of amides is 1. The summed E-state index contributed by atoms with van der Waals surface area (Å²) in [7, 11) is 0. The smallest absolute Gasteiger partial charge is 0.426 e. The standard InChI is InChI=1S/C12H15F3N2O2/c1-2-9(16)10(12(13,14)15)19-8-5-3-7(4-6-8)11(17)18/h3-6,9-10H,2,16H2,1H3,(H2,17,18). The first-order chi connectivity index (χ1) is 8.75. The zero-order valence-corrected chi connectivity index (χ0v) is 10.3. The Morgan fingerprint density at radius 2 is 1.84 bits per heavy atom. The number of nitrogens with two attached hydrogens (primary N) is 2. The van der Waals surface area contributed by atoms with E-state index < -0.39 is 24.2 Å². The Morgan fingerprint density at radius 1 is 1.32 bits per heavy atom. The van der Waals surface area contributed by atoms with Gasteiger partial charge >= 0.3 is 6.18 Å². The molecule has 0 saturated carbocycles. The fraction of sp³-hybridized carbons (Fsp3) is 0.417. The van der Waals surface area contributed by atoms with Gasteiger partial charge in [-0.3, -0.25) is 4.79 Å². The van der Waals surface area contributed by atoms with Crippen molar-refractivity contribution in [3.05, 3.63) is 29.8 Å². The van der Waals surface area contributed by atoms with Crippen molar-refractivity contribution in [3.63, 3.8) is 0 Å². The summed E-state index contributed by atoms with van der Waals surface area (Å²) in [6.45, 7) is 1.54. The Hall–Kier alpha value is -1.76. The van der Waals surface area contributed by atoms with Crippen molar-refractivity contribution in [2.45, 2.75) is 31.7 Å². The van der Waals surface area contributed by atoms with Gasteiger partial charge in [-0.1, -0.05) is 6.92 Å². The monoisotopic (exact) mass is 276 g/mol. The SMILES string of the molecule is CCC(N)C(Oc1ccc(C(N)=O)cc1)C(F)(F)F. The number of carbonyl (C=O) groups is 1. The fourth-order valence-corrected chi connectivity index (χ4v) is 1.46. The second kappa shape index (κ2) is 5.92. The molecule has 7 heteroatoms. The van der Waals surface area contributed by atoms with Crippen LogP contribution in [0.1, 0.15) is 23.7 Å². The van der Waals surface area contributed by atoms with Crippen LogP contribution >= 0.6 is 0 Å². The topological polar surface area (TPSA) is 78.3 Å². The van der Waals surface area contributed by atoms with Crippen LogP contribution in [0.15, 0.2) is 24.3 Å². The average molecular weight is 276 g/mol. The van der Waals surface area contributed by atoms with Crippen LogP contribution in [-0.2, 0) is 0 Å². The van der Waals surface area contributed by atoms with Crippen LogP contribution in [0.25, 0.3) is 0 Å². The summed E-state index contributed by atoms with van der Waals surface area (Å²) in [6, 6.07) is 3.93. The van der Waals surface area contributed by atoms with Gasteiger partial charge in [0.15, 0.2) is 0 Å². The minimum Gasteiger partial charge on any atom is -0.479 e. The van der Waals surface area contributed by atoms with Gasteiger partial charge in [-0.2, -0.15) is 13.2 Å². The molecule has 0 aliphatic rings. The normalized spacial score (nSPS) is 14.8. The highest BCUT2D eigenvalue weighted by molar-refractivity contribution is 5.92. The van der Waals surface area contributed by atoms with E-state index in [1.54, 1.807) is 6.92 Å². The number of halogens is 3. The van der Waals surface area contributed by atoms with Crippen LogP contribution in [0, 0.1) is 0 Å². The summed E-state index contributed by atoms with van der Waals surface area (Å²) in [6.07, 6.45) is -6.52. The van der Waals surface area contributed by atoms with Crippen molar-refractivity contribution < 1.29 is 22.7 Å². The minimum atomic E-state index is -4.56. The fourth-order valence-electron chi connectivity index (χ4n) is 1.46. The number of primary amides is 1. The van der Waals surface area contributed by atoms with E-state index in [2.05, 4.69) is 0 Å². The molecule has 0 aliphatic heterocycles. The number of hydrogen-bond acceptors (Lipinski definition) is 3. The second-order valence-corrected chi connectivity index (χ2v) is 4.04. The molecule has 4 N–H and O–H groups in total. The quantitative estimate of drug-likeness (QED) is 0.861. The van der Waals surface area contributed by atoms with Crippen LogP contribution in [0.4, 0.5) is 13.2 Å². The van der Waals surface area contributed by atoms with Gasteiger partial charge in [0.1, 0.15) is 5.75 Å². The zero-order chi connectivity index (χ0) is 14.6. The first kappa shape index (κ1) is 15.3. The van der Waals surface area contributed by atoms with Crippen LogP contribution in [0.5, 0.6) is 5.75 Å². The molecular formula is C12H15F3N2O2. The van der Waals surface area contributed by atoms with E-state index in [-0.39, 0.29) is 17.7 Å². The van der Waals surface area contributed by atoms with Crippen molar-refractivity contribution in [3.8, 4) is 5.75 Å². The van der Waals surface area contributed by atoms with Gasteiger partial charge in [0.25, 0.3) is 0 Å². The molecule has 4 nitrogen and oxygen atoms in total. The lowest BCUT2D eigenvalue weighted by molar-refractivity contribution is -0.200. The minimum absolute atomic E-state index is 0.0174. The highest BCUT2D eigenvalue weighted by Crippen LogP contribution is 2.27. The number of rotatable bonds is 5. The maximum atomic E-state index is 12.8. The Kier molecular flexibility index (Phi) is 4.77. The van der Waals surface area contributed by atoms with Gasteiger partial charge in [0.2, 0.25) is 12.0 Å². The van der Waals surface area contributed by atoms with E-state index in [0.29, 0.717) is 0 Å². The molecule has 0 aliphatic carbocycles. The molecule has 0 saturated heterocycles. The molecule has 0 radical (unpaired) electrons. The molecule has 106 valence electrons. The van der Waals surface area contributed by atoms with E-state index in [1.165, 1.54) is 24.3 Å². The number of alkyl halides is 3. The number of benzene rings is 1. The third kappa shape index (κ3) is 4.13. The summed E-state index contributed by atoms with van der Waals surface area (Å²) >= 11 is 0. The predicted molar refractivity (Wildman–Crippen MR) is 63.7 cm³/mol. The lowest BCUT2D eigenvalue weighted by Gasteiger charge is -2.26. The third-order valence-corrected chi connectivity index (χ3v) is 2.58. The number of hydrogen-bond donors (Lipinski definition) is 2. The molecule has 19 heavy (non-hydrogen) atoms. The van der Waals surface area contributed by atoms with Gasteiger partial charge in [0.05, 0.1) is 6.04 Å². The molecular weight excluding hydrogens is 261 g/mol. The summed E-state index contributed by atoms with van der Waals surface area (Å²) in [5.74, 6) is -0.680. The highest BCUT2D eigenvalue weighted by Gasteiger charge is 2.45.